The van der Waals surface area contributed by atoms with E-state index in [1.165, 1.54) is 5.56 Å². The molecule has 0 radical (unpaired) electrons. The molecule has 5 nitrogen and oxygen atoms in total. The van der Waals surface area contributed by atoms with Crippen molar-refractivity contribution in [3.05, 3.63) is 59.1 Å². The minimum absolute atomic E-state index is 0.266. The van der Waals surface area contributed by atoms with E-state index < -0.39 is 0 Å². The summed E-state index contributed by atoms with van der Waals surface area (Å²) >= 11 is 1.65. The number of benzene rings is 2. The first-order chi connectivity index (χ1) is 14.1. The van der Waals surface area contributed by atoms with Crippen LogP contribution in [0.5, 0.6) is 0 Å². The number of carbonyl (C=O) groups excluding carboxylic acids is 2. The smallest absolute Gasteiger partial charge is 0.306 e. The van der Waals surface area contributed by atoms with Gasteiger partial charge in [0.2, 0.25) is 0 Å². The first-order valence-electron chi connectivity index (χ1n) is 10.0. The summed E-state index contributed by atoms with van der Waals surface area (Å²) in [6, 6.07) is 15.8. The molecule has 1 heterocycles. The van der Waals surface area contributed by atoms with Gasteiger partial charge in [0.1, 0.15) is 0 Å². The summed E-state index contributed by atoms with van der Waals surface area (Å²) < 4.78 is 6.23. The summed E-state index contributed by atoms with van der Waals surface area (Å²) in [5, 5.41) is 3.77. The van der Waals surface area contributed by atoms with Crippen molar-refractivity contribution in [3.63, 3.8) is 0 Å². The van der Waals surface area contributed by atoms with Crippen LogP contribution in [0.25, 0.3) is 10.2 Å². The molecule has 0 aliphatic carbocycles. The molecule has 2 aromatic carbocycles. The molecule has 0 aliphatic heterocycles. The number of amides is 1. The summed E-state index contributed by atoms with van der Waals surface area (Å²) in [7, 11) is 0. The Kier molecular flexibility index (Phi) is 7.76. The molecule has 3 aromatic rings. The average molecular weight is 411 g/mol. The molecule has 0 spiro atoms. The number of hydrogen-bond donors (Lipinski definition) is 1. The number of aromatic nitrogens is 1. The highest BCUT2D eigenvalue weighted by atomic mass is 32.1. The number of hydrogen-bond acceptors (Lipinski definition) is 5. The lowest BCUT2D eigenvalue weighted by Crippen LogP contribution is -2.20. The number of fused-ring (bicyclic) bond motifs is 1. The number of thiazole rings is 1. The van der Waals surface area contributed by atoms with Crippen molar-refractivity contribution in [2.45, 2.75) is 45.4 Å². The van der Waals surface area contributed by atoms with E-state index in [2.05, 4.69) is 17.2 Å². The largest absolute Gasteiger partial charge is 0.456 e. The van der Waals surface area contributed by atoms with Gasteiger partial charge in [-0.1, -0.05) is 37.6 Å². The molecule has 29 heavy (non-hydrogen) atoms. The van der Waals surface area contributed by atoms with Crippen LogP contribution < -0.4 is 5.32 Å². The Morgan fingerprint density at radius 3 is 2.59 bits per heavy atom. The molecule has 152 valence electrons. The van der Waals surface area contributed by atoms with Gasteiger partial charge in [0.05, 0.1) is 15.2 Å². The SMILES string of the molecule is CCCCc1ccc(NC(=O)COC(=O)CCCc2nc3ccccc3s2)cc1. The van der Waals surface area contributed by atoms with Crippen LogP contribution in [0.4, 0.5) is 5.69 Å². The average Bonchev–Trinajstić information content (AvgIpc) is 3.14. The predicted octanol–water partition coefficient (Wildman–Crippen LogP) is 5.14. The van der Waals surface area contributed by atoms with Gasteiger partial charge in [0, 0.05) is 12.1 Å². The number of aryl methyl sites for hydroxylation is 2. The fraction of sp³-hybridized carbons (Fsp3) is 0.348. The molecule has 1 amide bonds. The monoisotopic (exact) mass is 410 g/mol. The van der Waals surface area contributed by atoms with Gasteiger partial charge in [-0.25, -0.2) is 4.98 Å². The van der Waals surface area contributed by atoms with Crippen molar-refractivity contribution < 1.29 is 14.3 Å². The third-order valence-electron chi connectivity index (χ3n) is 4.53. The Balaban J connectivity index is 1.34. The fourth-order valence-electron chi connectivity index (χ4n) is 2.96. The van der Waals surface area contributed by atoms with Crippen molar-refractivity contribution >= 4 is 39.1 Å². The van der Waals surface area contributed by atoms with Gasteiger partial charge in [0.15, 0.2) is 6.61 Å². The highest BCUT2D eigenvalue weighted by Gasteiger charge is 2.09. The molecular formula is C23H26N2O3S. The van der Waals surface area contributed by atoms with Crippen LogP contribution in [0.3, 0.4) is 0 Å². The van der Waals surface area contributed by atoms with Crippen LogP contribution in [-0.2, 0) is 27.2 Å². The van der Waals surface area contributed by atoms with E-state index in [-0.39, 0.29) is 24.9 Å². The van der Waals surface area contributed by atoms with Crippen molar-refractivity contribution in [2.24, 2.45) is 0 Å². The van der Waals surface area contributed by atoms with Crippen molar-refractivity contribution in [3.8, 4) is 0 Å². The number of esters is 1. The van der Waals surface area contributed by atoms with Crippen molar-refractivity contribution in [1.82, 2.24) is 4.98 Å². The molecule has 0 atom stereocenters. The Hall–Kier alpha value is -2.73. The lowest BCUT2D eigenvalue weighted by Gasteiger charge is -2.07. The van der Waals surface area contributed by atoms with Crippen molar-refractivity contribution in [1.29, 1.82) is 0 Å². The number of ether oxygens (including phenoxy) is 1. The maximum absolute atomic E-state index is 12.0. The van der Waals surface area contributed by atoms with Crippen LogP contribution >= 0.6 is 11.3 Å². The third-order valence-corrected chi connectivity index (χ3v) is 5.63. The van der Waals surface area contributed by atoms with Gasteiger partial charge in [-0.15, -0.1) is 11.3 Å². The van der Waals surface area contributed by atoms with Crippen LogP contribution in [0, 0.1) is 0 Å². The summed E-state index contributed by atoms with van der Waals surface area (Å²) in [5.74, 6) is -0.693. The quantitative estimate of drug-likeness (QED) is 0.470. The summed E-state index contributed by atoms with van der Waals surface area (Å²) in [6.07, 6.45) is 5.00. The second-order valence-electron chi connectivity index (χ2n) is 6.94. The van der Waals surface area contributed by atoms with Crippen LogP contribution in [-0.4, -0.2) is 23.5 Å². The minimum Gasteiger partial charge on any atom is -0.456 e. The number of nitrogens with zero attached hydrogens (tertiary/aromatic N) is 1. The van der Waals surface area contributed by atoms with Gasteiger partial charge in [-0.05, 0) is 55.5 Å². The second-order valence-corrected chi connectivity index (χ2v) is 8.05. The second kappa shape index (κ2) is 10.7. The molecule has 1 aromatic heterocycles. The van der Waals surface area contributed by atoms with E-state index in [0.29, 0.717) is 12.1 Å². The fourth-order valence-corrected chi connectivity index (χ4v) is 3.97. The maximum atomic E-state index is 12.0. The normalized spacial score (nSPS) is 10.8. The van der Waals surface area contributed by atoms with E-state index in [1.807, 2.05) is 48.5 Å². The molecule has 0 bridgehead atoms. The standard InChI is InChI=1S/C23H26N2O3S/c1-2-3-7-17-12-14-18(15-13-17)24-21(26)16-28-23(27)11-6-10-22-25-19-8-4-5-9-20(19)29-22/h4-5,8-9,12-15H,2-3,6-7,10-11,16H2,1H3,(H,24,26). The van der Waals surface area contributed by atoms with Crippen LogP contribution in [0.1, 0.15) is 43.2 Å². The number of anilines is 1. The molecule has 0 unspecified atom stereocenters. The molecule has 6 heteroatoms. The molecule has 0 fully saturated rings. The zero-order valence-electron chi connectivity index (χ0n) is 16.6. The number of para-hydroxylation sites is 1. The highest BCUT2D eigenvalue weighted by molar-refractivity contribution is 7.18. The predicted molar refractivity (Wildman–Crippen MR) is 117 cm³/mol. The molecule has 1 N–H and O–H groups in total. The topological polar surface area (TPSA) is 68.3 Å². The highest BCUT2D eigenvalue weighted by Crippen LogP contribution is 2.22. The summed E-state index contributed by atoms with van der Waals surface area (Å²) in [4.78, 5) is 28.4. The molecule has 3 rings (SSSR count). The van der Waals surface area contributed by atoms with E-state index >= 15 is 0 Å². The van der Waals surface area contributed by atoms with Gasteiger partial charge >= 0.3 is 5.97 Å². The van der Waals surface area contributed by atoms with E-state index in [9.17, 15) is 9.59 Å². The number of nitrogens with one attached hydrogen (secondary N) is 1. The van der Waals surface area contributed by atoms with Crippen LogP contribution in [0.15, 0.2) is 48.5 Å². The molecular weight excluding hydrogens is 384 g/mol. The third kappa shape index (κ3) is 6.68. The first-order valence-corrected chi connectivity index (χ1v) is 10.8. The molecule has 0 aliphatic rings. The van der Waals surface area contributed by atoms with Crippen LogP contribution in [0.2, 0.25) is 0 Å². The van der Waals surface area contributed by atoms with Gasteiger partial charge in [-0.2, -0.15) is 0 Å². The molecule has 0 saturated heterocycles. The Morgan fingerprint density at radius 2 is 1.83 bits per heavy atom. The van der Waals surface area contributed by atoms with E-state index in [0.717, 1.165) is 40.9 Å². The first kappa shape index (κ1) is 21.0. The van der Waals surface area contributed by atoms with Gasteiger partial charge in [0.25, 0.3) is 5.91 Å². The number of unbranched alkanes of at least 4 members (excludes halogenated alkanes) is 1. The van der Waals surface area contributed by atoms with E-state index in [4.69, 9.17) is 4.74 Å². The summed E-state index contributed by atoms with van der Waals surface area (Å²) in [6.45, 7) is 1.90. The van der Waals surface area contributed by atoms with E-state index in [1.54, 1.807) is 11.3 Å². The Labute approximate surface area is 175 Å². The zero-order chi connectivity index (χ0) is 20.5. The molecule has 0 saturated carbocycles. The lowest BCUT2D eigenvalue weighted by molar-refractivity contribution is -0.147. The Morgan fingerprint density at radius 1 is 1.03 bits per heavy atom. The number of rotatable bonds is 10. The zero-order valence-corrected chi connectivity index (χ0v) is 17.5. The van der Waals surface area contributed by atoms with Gasteiger partial charge in [-0.3, -0.25) is 9.59 Å². The van der Waals surface area contributed by atoms with Crippen molar-refractivity contribution in [2.75, 3.05) is 11.9 Å². The number of carbonyl (C=O) groups is 2. The minimum atomic E-state index is -0.365. The summed E-state index contributed by atoms with van der Waals surface area (Å²) in [5.41, 5.74) is 2.96. The maximum Gasteiger partial charge on any atom is 0.306 e. The lowest BCUT2D eigenvalue weighted by atomic mass is 10.1. The Bertz CT molecular complexity index is 917. The van der Waals surface area contributed by atoms with Gasteiger partial charge < -0.3 is 10.1 Å².